The summed E-state index contributed by atoms with van der Waals surface area (Å²) in [7, 11) is 1.44. The lowest BCUT2D eigenvalue weighted by molar-refractivity contribution is 0.304. The van der Waals surface area contributed by atoms with Crippen LogP contribution in [0, 0.1) is 0 Å². The number of hydrogen-bond acceptors (Lipinski definition) is 3. The van der Waals surface area contributed by atoms with Crippen LogP contribution in [0.1, 0.15) is 12.8 Å². The second kappa shape index (κ2) is 6.28. The highest BCUT2D eigenvalue weighted by Crippen LogP contribution is 2.29. The van der Waals surface area contributed by atoms with Gasteiger partial charge in [0.1, 0.15) is 10.6 Å². The summed E-state index contributed by atoms with van der Waals surface area (Å²) in [4.78, 5) is -0.106. The van der Waals surface area contributed by atoms with Crippen LogP contribution in [0.4, 0.5) is 0 Å². The van der Waals surface area contributed by atoms with E-state index in [0.29, 0.717) is 11.6 Å². The fourth-order valence-corrected chi connectivity index (χ4v) is 2.44. The van der Waals surface area contributed by atoms with Gasteiger partial charge in [-0.1, -0.05) is 17.7 Å². The van der Waals surface area contributed by atoms with Gasteiger partial charge in [0.15, 0.2) is 0 Å². The molecule has 0 saturated heterocycles. The first-order chi connectivity index (χ1) is 7.95. The van der Waals surface area contributed by atoms with Gasteiger partial charge in [-0.3, -0.25) is 0 Å². The zero-order chi connectivity index (χ0) is 12.9. The molecule has 17 heavy (non-hydrogen) atoms. The Morgan fingerprint density at radius 1 is 1.41 bits per heavy atom. The second-order valence-electron chi connectivity index (χ2n) is 3.31. The summed E-state index contributed by atoms with van der Waals surface area (Å²) in [5, 5.41) is 0.294. The Kier molecular flexibility index (Phi) is 5.31. The molecule has 0 spiro atoms. The number of halogens is 2. The van der Waals surface area contributed by atoms with Crippen molar-refractivity contribution < 1.29 is 13.2 Å². The second-order valence-corrected chi connectivity index (χ2v) is 6.28. The van der Waals surface area contributed by atoms with Crippen molar-refractivity contribution in [1.82, 2.24) is 0 Å². The van der Waals surface area contributed by atoms with Crippen LogP contribution in [0.2, 0.25) is 5.02 Å². The van der Waals surface area contributed by atoms with E-state index in [1.807, 2.05) is 0 Å². The van der Waals surface area contributed by atoms with Gasteiger partial charge in [-0.15, -0.1) is 6.58 Å². The number of allylic oxidation sites excluding steroid dienone is 1. The molecule has 0 aliphatic heterocycles. The molecule has 0 radical (unpaired) electrons. The molecule has 1 rings (SSSR count). The van der Waals surface area contributed by atoms with E-state index in [9.17, 15) is 8.42 Å². The number of hydrogen-bond donors (Lipinski definition) is 0. The Balaban J connectivity index is 2.88. The van der Waals surface area contributed by atoms with E-state index in [4.69, 9.17) is 27.0 Å². The summed E-state index contributed by atoms with van der Waals surface area (Å²) in [5.74, 6) is 0.216. The maximum Gasteiger partial charge on any atom is 0.265 e. The first-order valence-corrected chi connectivity index (χ1v) is 7.62. The van der Waals surface area contributed by atoms with E-state index in [2.05, 4.69) is 6.58 Å². The predicted octanol–water partition coefficient (Wildman–Crippen LogP) is 3.61. The van der Waals surface area contributed by atoms with Crippen LogP contribution >= 0.6 is 22.3 Å². The van der Waals surface area contributed by atoms with Crippen LogP contribution in [0.15, 0.2) is 35.7 Å². The van der Waals surface area contributed by atoms with E-state index in [1.165, 1.54) is 12.1 Å². The average molecular weight is 295 g/mol. The average Bonchev–Trinajstić information content (AvgIpc) is 2.25. The van der Waals surface area contributed by atoms with Gasteiger partial charge >= 0.3 is 0 Å². The molecule has 0 fully saturated rings. The van der Waals surface area contributed by atoms with Crippen molar-refractivity contribution in [3.05, 3.63) is 35.9 Å². The lowest BCUT2D eigenvalue weighted by Gasteiger charge is -2.09. The summed E-state index contributed by atoms with van der Waals surface area (Å²) in [5.41, 5.74) is 0. The monoisotopic (exact) mass is 294 g/mol. The van der Waals surface area contributed by atoms with Crippen molar-refractivity contribution in [2.24, 2.45) is 0 Å². The molecule has 0 bridgehead atoms. The van der Waals surface area contributed by atoms with E-state index < -0.39 is 9.05 Å². The molecular weight excluding hydrogens is 283 g/mol. The van der Waals surface area contributed by atoms with Gasteiger partial charge in [-0.2, -0.15) is 0 Å². The van der Waals surface area contributed by atoms with Gasteiger partial charge < -0.3 is 4.74 Å². The van der Waals surface area contributed by atoms with Gasteiger partial charge in [0.2, 0.25) is 0 Å². The van der Waals surface area contributed by atoms with Crippen molar-refractivity contribution in [3.63, 3.8) is 0 Å². The number of unbranched alkanes of at least 4 members (excludes halogenated alkanes) is 1. The highest BCUT2D eigenvalue weighted by molar-refractivity contribution is 8.13. The van der Waals surface area contributed by atoms with Crippen molar-refractivity contribution in [1.29, 1.82) is 0 Å². The SMILES string of the molecule is C=CCCCOc1ccc(Cl)cc1S(=O)(=O)Cl. The van der Waals surface area contributed by atoms with Gasteiger partial charge in [-0.25, -0.2) is 8.42 Å². The number of rotatable bonds is 6. The van der Waals surface area contributed by atoms with E-state index in [-0.39, 0.29) is 10.6 Å². The zero-order valence-electron chi connectivity index (χ0n) is 9.03. The maximum absolute atomic E-state index is 11.3. The lowest BCUT2D eigenvalue weighted by Crippen LogP contribution is -2.01. The summed E-state index contributed by atoms with van der Waals surface area (Å²) in [6.45, 7) is 3.98. The predicted molar refractivity (Wildman–Crippen MR) is 69.4 cm³/mol. The molecule has 1 aromatic carbocycles. The Labute approximate surface area is 110 Å². The Morgan fingerprint density at radius 2 is 2.12 bits per heavy atom. The van der Waals surface area contributed by atoms with Gasteiger partial charge in [0.05, 0.1) is 6.61 Å². The summed E-state index contributed by atoms with van der Waals surface area (Å²) in [6.07, 6.45) is 3.33. The minimum atomic E-state index is -3.86. The van der Waals surface area contributed by atoms with E-state index in [0.717, 1.165) is 12.8 Å². The molecule has 0 saturated carbocycles. The summed E-state index contributed by atoms with van der Waals surface area (Å²) in [6, 6.07) is 4.31. The van der Waals surface area contributed by atoms with Crippen molar-refractivity contribution in [2.75, 3.05) is 6.61 Å². The van der Waals surface area contributed by atoms with Crippen molar-refractivity contribution >= 4 is 31.3 Å². The van der Waals surface area contributed by atoms with Crippen LogP contribution in [-0.2, 0) is 9.05 Å². The minimum Gasteiger partial charge on any atom is -0.492 e. The van der Waals surface area contributed by atoms with Crippen LogP contribution < -0.4 is 4.74 Å². The van der Waals surface area contributed by atoms with Crippen LogP contribution in [0.3, 0.4) is 0 Å². The Hall–Kier alpha value is -0.710. The molecule has 0 aliphatic carbocycles. The van der Waals surface area contributed by atoms with Gasteiger partial charge in [-0.05, 0) is 31.0 Å². The number of ether oxygens (including phenoxy) is 1. The molecule has 3 nitrogen and oxygen atoms in total. The first-order valence-electron chi connectivity index (χ1n) is 4.93. The third-order valence-electron chi connectivity index (χ3n) is 1.98. The standard InChI is InChI=1S/C11H12Cl2O3S/c1-2-3-4-7-16-10-6-5-9(12)8-11(10)17(13,14)15/h2,5-6,8H,1,3-4,7H2. The molecule has 0 aliphatic rings. The van der Waals surface area contributed by atoms with E-state index >= 15 is 0 Å². The van der Waals surface area contributed by atoms with Crippen LogP contribution in [-0.4, -0.2) is 15.0 Å². The highest BCUT2D eigenvalue weighted by Gasteiger charge is 2.17. The largest absolute Gasteiger partial charge is 0.492 e. The normalized spacial score (nSPS) is 11.2. The lowest BCUT2D eigenvalue weighted by atomic mass is 10.3. The van der Waals surface area contributed by atoms with Gasteiger partial charge in [0.25, 0.3) is 9.05 Å². The smallest absolute Gasteiger partial charge is 0.265 e. The molecule has 0 aromatic heterocycles. The maximum atomic E-state index is 11.3. The van der Waals surface area contributed by atoms with Crippen LogP contribution in [0.5, 0.6) is 5.75 Å². The Bertz CT molecular complexity index is 497. The van der Waals surface area contributed by atoms with Crippen molar-refractivity contribution in [3.8, 4) is 5.75 Å². The molecule has 0 unspecified atom stereocenters. The van der Waals surface area contributed by atoms with E-state index in [1.54, 1.807) is 12.1 Å². The molecular formula is C11H12Cl2O3S. The minimum absolute atomic E-state index is 0.106. The number of benzene rings is 1. The fourth-order valence-electron chi connectivity index (χ4n) is 1.20. The topological polar surface area (TPSA) is 43.4 Å². The Morgan fingerprint density at radius 3 is 2.71 bits per heavy atom. The molecule has 1 aromatic rings. The molecule has 0 atom stereocenters. The molecule has 6 heteroatoms. The zero-order valence-corrected chi connectivity index (χ0v) is 11.4. The van der Waals surface area contributed by atoms with Crippen LogP contribution in [0.25, 0.3) is 0 Å². The molecule has 0 amide bonds. The third-order valence-corrected chi connectivity index (χ3v) is 3.56. The third kappa shape index (κ3) is 4.58. The quantitative estimate of drug-likeness (QED) is 0.457. The first kappa shape index (κ1) is 14.4. The summed E-state index contributed by atoms with van der Waals surface area (Å²) >= 11 is 5.71. The molecule has 94 valence electrons. The van der Waals surface area contributed by atoms with Crippen molar-refractivity contribution in [2.45, 2.75) is 17.7 Å². The molecule has 0 N–H and O–H groups in total. The summed E-state index contributed by atoms with van der Waals surface area (Å²) < 4.78 is 28.0. The fraction of sp³-hybridized carbons (Fsp3) is 0.273. The van der Waals surface area contributed by atoms with Gasteiger partial charge in [0, 0.05) is 15.7 Å². The molecule has 0 heterocycles. The highest BCUT2D eigenvalue weighted by atomic mass is 35.7.